The summed E-state index contributed by atoms with van der Waals surface area (Å²) in [5.74, 6) is -0.459. The van der Waals surface area contributed by atoms with Crippen LogP contribution in [0.1, 0.15) is 24.4 Å². The van der Waals surface area contributed by atoms with E-state index in [9.17, 15) is 18.0 Å². The summed E-state index contributed by atoms with van der Waals surface area (Å²) in [6.45, 7) is 1.91. The van der Waals surface area contributed by atoms with Gasteiger partial charge < -0.3 is 0 Å². The van der Waals surface area contributed by atoms with Crippen LogP contribution in [0.4, 0.5) is 0 Å². The number of aryl methyl sites for hydroxylation is 1. The average Bonchev–Trinajstić information content (AvgIpc) is 3.27. The van der Waals surface area contributed by atoms with Gasteiger partial charge >= 0.3 is 0 Å². The molecule has 1 saturated heterocycles. The molecule has 2 aliphatic rings. The lowest BCUT2D eigenvalue weighted by Crippen LogP contribution is -2.57. The van der Waals surface area contributed by atoms with Crippen molar-refractivity contribution < 1.29 is 18.0 Å². The molecule has 1 aromatic carbocycles. The van der Waals surface area contributed by atoms with Crippen molar-refractivity contribution >= 4 is 21.6 Å². The molecule has 1 aromatic heterocycles. The molecule has 0 saturated carbocycles. The minimum atomic E-state index is -3.96. The van der Waals surface area contributed by atoms with Crippen LogP contribution in [0.2, 0.25) is 0 Å². The molecule has 9 heteroatoms. The van der Waals surface area contributed by atoms with Gasteiger partial charge in [-0.25, -0.2) is 8.42 Å². The van der Waals surface area contributed by atoms with E-state index < -0.39 is 21.6 Å². The van der Waals surface area contributed by atoms with E-state index in [1.54, 1.807) is 12.1 Å². The number of allylic oxidation sites excluding steroid dienone is 1. The highest BCUT2D eigenvalue weighted by Crippen LogP contribution is 2.44. The van der Waals surface area contributed by atoms with Crippen LogP contribution in [0.15, 0.2) is 53.7 Å². The van der Waals surface area contributed by atoms with Crippen LogP contribution in [0.3, 0.4) is 0 Å². The molecule has 27 heavy (non-hydrogen) atoms. The van der Waals surface area contributed by atoms with Gasteiger partial charge in [-0.2, -0.15) is 19.3 Å². The van der Waals surface area contributed by atoms with Gasteiger partial charge in [-0.15, -0.1) is 0 Å². The fourth-order valence-electron chi connectivity index (χ4n) is 3.80. The van der Waals surface area contributed by atoms with E-state index in [0.29, 0.717) is 0 Å². The van der Waals surface area contributed by atoms with Gasteiger partial charge in [0.15, 0.2) is 11.6 Å². The molecule has 1 fully saturated rings. The van der Waals surface area contributed by atoms with Gasteiger partial charge in [0.1, 0.15) is 11.6 Å². The summed E-state index contributed by atoms with van der Waals surface area (Å²) in [6.07, 6.45) is 5.61. The van der Waals surface area contributed by atoms with Crippen LogP contribution in [-0.2, 0) is 19.6 Å². The molecule has 2 heterocycles. The van der Waals surface area contributed by atoms with E-state index in [0.717, 1.165) is 5.56 Å². The Morgan fingerprint density at radius 3 is 2.44 bits per heavy atom. The number of Topliss-reactive ketones (excluding diaryl/α,β-unsaturated/α-hetero) is 1. The molecule has 0 bridgehead atoms. The van der Waals surface area contributed by atoms with Crippen molar-refractivity contribution in [2.24, 2.45) is 0 Å². The highest BCUT2D eigenvalue weighted by atomic mass is 32.2. The normalized spacial score (nSPS) is 26.2. The van der Waals surface area contributed by atoms with Crippen molar-refractivity contribution in [3.8, 4) is 0 Å². The number of ketones is 2. The third kappa shape index (κ3) is 2.65. The maximum atomic E-state index is 13.4. The molecule has 4 rings (SSSR count). The predicted molar refractivity (Wildman–Crippen MR) is 95.2 cm³/mol. The Balaban J connectivity index is 1.88. The zero-order chi connectivity index (χ0) is 19.2. The summed E-state index contributed by atoms with van der Waals surface area (Å²) < 4.78 is 27.9. The number of carbonyl (C=O) groups is 2. The van der Waals surface area contributed by atoms with E-state index in [1.807, 2.05) is 6.92 Å². The Kier molecular flexibility index (Phi) is 4.08. The number of sulfonamides is 1. The second-order valence-electron chi connectivity index (χ2n) is 6.76. The van der Waals surface area contributed by atoms with Crippen molar-refractivity contribution in [1.29, 1.82) is 0 Å². The zero-order valence-corrected chi connectivity index (χ0v) is 15.5. The number of benzene rings is 1. The second kappa shape index (κ2) is 6.21. The molecule has 140 valence electrons. The fraction of sp³-hybridized carbons (Fsp3) is 0.333. The third-order valence-corrected chi connectivity index (χ3v) is 7.08. The Hall–Kier alpha value is -2.65. The van der Waals surface area contributed by atoms with Gasteiger partial charge in [0.25, 0.3) is 0 Å². The first-order valence-electron chi connectivity index (χ1n) is 8.56. The first kappa shape index (κ1) is 17.7. The number of hydrogen-bond acceptors (Lipinski definition) is 6. The lowest BCUT2D eigenvalue weighted by molar-refractivity contribution is -0.125. The Bertz CT molecular complexity index is 1030. The Labute approximate surface area is 156 Å². The van der Waals surface area contributed by atoms with Crippen LogP contribution in [-0.4, -0.2) is 51.4 Å². The molecule has 2 atom stereocenters. The highest BCUT2D eigenvalue weighted by molar-refractivity contribution is 7.89. The highest BCUT2D eigenvalue weighted by Gasteiger charge is 2.59. The molecule has 0 N–H and O–H groups in total. The molecule has 8 nitrogen and oxygen atoms in total. The summed E-state index contributed by atoms with van der Waals surface area (Å²) in [5.41, 5.74) is -0.570. The van der Waals surface area contributed by atoms with Crippen molar-refractivity contribution in [3.05, 3.63) is 54.4 Å². The molecular weight excluding hydrogens is 368 g/mol. The first-order chi connectivity index (χ1) is 12.9. The summed E-state index contributed by atoms with van der Waals surface area (Å²) in [6, 6.07) is 5.66. The summed E-state index contributed by atoms with van der Waals surface area (Å²) in [7, 11) is -3.96. The Morgan fingerprint density at radius 1 is 1.11 bits per heavy atom. The number of carbonyl (C=O) groups excluding carboxylic acids is 2. The summed E-state index contributed by atoms with van der Waals surface area (Å²) in [5, 5.41) is 8.15. The van der Waals surface area contributed by atoms with E-state index in [-0.39, 0.29) is 35.8 Å². The lowest BCUT2D eigenvalue weighted by atomic mass is 9.80. The van der Waals surface area contributed by atoms with Gasteiger partial charge in [-0.05, 0) is 25.1 Å². The fourth-order valence-corrected chi connectivity index (χ4v) is 5.55. The minimum absolute atomic E-state index is 0.0448. The van der Waals surface area contributed by atoms with Crippen LogP contribution in [0.5, 0.6) is 0 Å². The second-order valence-corrected chi connectivity index (χ2v) is 8.62. The molecular formula is C18H18N4O4S. The van der Waals surface area contributed by atoms with E-state index in [1.165, 1.54) is 45.8 Å². The quantitative estimate of drug-likeness (QED) is 0.782. The van der Waals surface area contributed by atoms with Crippen molar-refractivity contribution in [2.45, 2.75) is 36.2 Å². The average molecular weight is 386 g/mol. The van der Waals surface area contributed by atoms with Gasteiger partial charge in [-0.3, -0.25) is 9.59 Å². The Morgan fingerprint density at radius 2 is 1.78 bits per heavy atom. The van der Waals surface area contributed by atoms with Crippen molar-refractivity contribution in [1.82, 2.24) is 19.3 Å². The monoisotopic (exact) mass is 386 g/mol. The summed E-state index contributed by atoms with van der Waals surface area (Å²) >= 11 is 0. The molecule has 1 aliphatic carbocycles. The van der Waals surface area contributed by atoms with Gasteiger partial charge in [0, 0.05) is 19.4 Å². The molecule has 2 aromatic rings. The third-order valence-electron chi connectivity index (χ3n) is 5.15. The largest absolute Gasteiger partial charge is 0.297 e. The van der Waals surface area contributed by atoms with Crippen LogP contribution in [0.25, 0.3) is 0 Å². The van der Waals surface area contributed by atoms with Crippen molar-refractivity contribution in [3.63, 3.8) is 0 Å². The smallest absolute Gasteiger partial charge is 0.244 e. The molecule has 1 aliphatic heterocycles. The standard InChI is InChI=1S/C18H18N4O4S/c1-13-2-4-15(5-3-13)27(25,26)21-11-7-17(24)18(21)8-6-14(23)12-16(18)22-19-9-10-20-22/h2-6,8-10,16H,7,11-12H2,1H3. The van der Waals surface area contributed by atoms with Crippen LogP contribution in [0, 0.1) is 6.92 Å². The lowest BCUT2D eigenvalue weighted by Gasteiger charge is -2.40. The van der Waals surface area contributed by atoms with E-state index in [4.69, 9.17) is 0 Å². The van der Waals surface area contributed by atoms with E-state index >= 15 is 0 Å². The SMILES string of the molecule is Cc1ccc(S(=O)(=O)N2CCC(=O)C23C=CC(=O)CC3n2nccn2)cc1. The van der Waals surface area contributed by atoms with Crippen molar-refractivity contribution in [2.75, 3.05) is 6.54 Å². The maximum absolute atomic E-state index is 13.4. The number of aromatic nitrogens is 3. The molecule has 2 unspecified atom stereocenters. The number of nitrogens with zero attached hydrogens (tertiary/aromatic N) is 4. The van der Waals surface area contributed by atoms with Gasteiger partial charge in [-0.1, -0.05) is 23.8 Å². The predicted octanol–water partition coefficient (Wildman–Crippen LogP) is 1.06. The van der Waals surface area contributed by atoms with Gasteiger partial charge in [0.2, 0.25) is 10.0 Å². The molecule has 0 amide bonds. The number of rotatable bonds is 3. The molecule has 1 spiro atoms. The first-order valence-corrected chi connectivity index (χ1v) is 10.0. The van der Waals surface area contributed by atoms with Crippen LogP contribution >= 0.6 is 0 Å². The van der Waals surface area contributed by atoms with Gasteiger partial charge in [0.05, 0.1) is 17.3 Å². The molecule has 0 radical (unpaired) electrons. The zero-order valence-electron chi connectivity index (χ0n) is 14.6. The van der Waals surface area contributed by atoms with Crippen LogP contribution < -0.4 is 0 Å². The minimum Gasteiger partial charge on any atom is -0.297 e. The van der Waals surface area contributed by atoms with E-state index in [2.05, 4.69) is 10.2 Å². The topological polar surface area (TPSA) is 102 Å². The summed E-state index contributed by atoms with van der Waals surface area (Å²) in [4.78, 5) is 26.4. The number of hydrogen-bond donors (Lipinski definition) is 0. The maximum Gasteiger partial charge on any atom is 0.244 e.